The van der Waals surface area contributed by atoms with E-state index in [4.69, 9.17) is 5.11 Å². The van der Waals surface area contributed by atoms with Gasteiger partial charge in [0.05, 0.1) is 0 Å². The average Bonchev–Trinajstić information content (AvgIpc) is 2.25. The minimum absolute atomic E-state index is 0.304. The van der Waals surface area contributed by atoms with Crippen molar-refractivity contribution in [3.05, 3.63) is 0 Å². The lowest BCUT2D eigenvalue weighted by atomic mass is 9.79. The number of rotatable bonds is 5. The van der Waals surface area contributed by atoms with Crippen molar-refractivity contribution in [1.29, 1.82) is 0 Å². The molecule has 0 saturated carbocycles. The molecule has 0 aromatic carbocycles. The van der Waals surface area contributed by atoms with E-state index in [9.17, 15) is 0 Å². The van der Waals surface area contributed by atoms with E-state index in [2.05, 4.69) is 44.5 Å². The van der Waals surface area contributed by atoms with E-state index >= 15 is 0 Å². The smallest absolute Gasteiger partial charge is 0.0443 e. The number of nitrogens with zero attached hydrogens (tertiary/aromatic N) is 2. The van der Waals surface area contributed by atoms with Crippen LogP contribution in [-0.4, -0.2) is 60.3 Å². The molecule has 1 aliphatic heterocycles. The first-order valence-corrected chi connectivity index (χ1v) is 7.31. The Morgan fingerprint density at radius 3 is 2.22 bits per heavy atom. The van der Waals surface area contributed by atoms with Gasteiger partial charge in [-0.05, 0) is 65.6 Å². The Labute approximate surface area is 113 Å². The van der Waals surface area contributed by atoms with Gasteiger partial charge in [0, 0.05) is 25.2 Å². The van der Waals surface area contributed by atoms with Crippen LogP contribution in [0.4, 0.5) is 0 Å². The molecule has 0 atom stereocenters. The Morgan fingerprint density at radius 1 is 1.22 bits per heavy atom. The van der Waals surface area contributed by atoms with E-state index < -0.39 is 0 Å². The van der Waals surface area contributed by atoms with Crippen molar-refractivity contribution in [1.82, 2.24) is 9.80 Å². The highest BCUT2D eigenvalue weighted by atomic mass is 16.3. The Balaban J connectivity index is 2.39. The van der Waals surface area contributed by atoms with E-state index in [0.717, 1.165) is 19.5 Å². The summed E-state index contributed by atoms with van der Waals surface area (Å²) in [6.45, 7) is 14.2. The van der Waals surface area contributed by atoms with Gasteiger partial charge in [0.1, 0.15) is 0 Å². The lowest BCUT2D eigenvalue weighted by Crippen LogP contribution is -2.50. The summed E-state index contributed by atoms with van der Waals surface area (Å²) in [5.74, 6) is 0. The molecule has 0 bridgehead atoms. The van der Waals surface area contributed by atoms with E-state index in [-0.39, 0.29) is 0 Å². The predicted molar refractivity (Wildman–Crippen MR) is 77.9 cm³/mol. The number of likely N-dealkylation sites (tertiary alicyclic amines) is 1. The van der Waals surface area contributed by atoms with Crippen LogP contribution in [0.1, 0.15) is 47.0 Å². The third kappa shape index (κ3) is 4.87. The van der Waals surface area contributed by atoms with Gasteiger partial charge in [0.15, 0.2) is 0 Å². The fourth-order valence-electron chi connectivity index (χ4n) is 2.95. The Morgan fingerprint density at radius 2 is 1.78 bits per heavy atom. The third-order valence-electron chi connectivity index (χ3n) is 4.27. The molecule has 0 aromatic rings. The predicted octanol–water partition coefficient (Wildman–Crippen LogP) is 2.20. The normalized spacial score (nSPS) is 21.5. The summed E-state index contributed by atoms with van der Waals surface area (Å²) >= 11 is 0. The van der Waals surface area contributed by atoms with Gasteiger partial charge >= 0.3 is 0 Å². The maximum absolute atomic E-state index is 8.88. The molecule has 0 aliphatic carbocycles. The molecule has 108 valence electrons. The van der Waals surface area contributed by atoms with Crippen LogP contribution in [0.25, 0.3) is 0 Å². The molecule has 0 unspecified atom stereocenters. The molecule has 1 N–H and O–H groups in total. The molecule has 1 aliphatic rings. The SMILES string of the molecule is CN(CCCO)CC1(C)CCN(C(C)(C)C)CC1. The summed E-state index contributed by atoms with van der Waals surface area (Å²) in [5.41, 5.74) is 0.760. The maximum Gasteiger partial charge on any atom is 0.0443 e. The monoisotopic (exact) mass is 256 g/mol. The zero-order chi connectivity index (χ0) is 13.8. The minimum atomic E-state index is 0.304. The molecule has 18 heavy (non-hydrogen) atoms. The molecule has 0 spiro atoms. The zero-order valence-corrected chi connectivity index (χ0v) is 13.0. The summed E-state index contributed by atoms with van der Waals surface area (Å²) in [7, 11) is 2.18. The second kappa shape index (κ2) is 6.36. The Kier molecular flexibility index (Phi) is 5.63. The standard InChI is InChI=1S/C15H32N2O/c1-14(2,3)17-10-7-15(4,8-11-17)13-16(5)9-6-12-18/h18H,6-13H2,1-5H3. The molecule has 1 heterocycles. The largest absolute Gasteiger partial charge is 0.396 e. The van der Waals surface area contributed by atoms with Crippen molar-refractivity contribution < 1.29 is 5.11 Å². The van der Waals surface area contributed by atoms with Crippen LogP contribution in [0, 0.1) is 5.41 Å². The Bertz CT molecular complexity index is 239. The number of piperidine rings is 1. The van der Waals surface area contributed by atoms with Crippen LogP contribution >= 0.6 is 0 Å². The Hall–Kier alpha value is -0.120. The molecule has 1 rings (SSSR count). The number of aliphatic hydroxyl groups is 1. The molecule has 3 nitrogen and oxygen atoms in total. The maximum atomic E-state index is 8.88. The van der Waals surface area contributed by atoms with Crippen molar-refractivity contribution in [2.24, 2.45) is 5.41 Å². The van der Waals surface area contributed by atoms with Gasteiger partial charge in [-0.1, -0.05) is 6.92 Å². The number of hydrogen-bond donors (Lipinski definition) is 1. The molecular weight excluding hydrogens is 224 g/mol. The van der Waals surface area contributed by atoms with E-state index in [1.54, 1.807) is 0 Å². The molecular formula is C15H32N2O. The summed E-state index contributed by atoms with van der Waals surface area (Å²) in [6.07, 6.45) is 3.46. The second-order valence-corrected chi connectivity index (χ2v) is 7.28. The van der Waals surface area contributed by atoms with Crippen LogP contribution in [-0.2, 0) is 0 Å². The first kappa shape index (κ1) is 15.9. The zero-order valence-electron chi connectivity index (χ0n) is 13.0. The third-order valence-corrected chi connectivity index (χ3v) is 4.27. The topological polar surface area (TPSA) is 26.7 Å². The summed E-state index contributed by atoms with van der Waals surface area (Å²) in [5, 5.41) is 8.88. The van der Waals surface area contributed by atoms with Crippen LogP contribution in [0.3, 0.4) is 0 Å². The molecule has 0 aromatic heterocycles. The second-order valence-electron chi connectivity index (χ2n) is 7.28. The highest BCUT2D eigenvalue weighted by molar-refractivity contribution is 4.88. The summed E-state index contributed by atoms with van der Waals surface area (Å²) in [6, 6.07) is 0. The van der Waals surface area contributed by atoms with Crippen molar-refractivity contribution in [2.45, 2.75) is 52.5 Å². The van der Waals surface area contributed by atoms with Crippen molar-refractivity contribution in [3.8, 4) is 0 Å². The molecule has 0 radical (unpaired) electrons. The van der Waals surface area contributed by atoms with E-state index in [0.29, 0.717) is 17.6 Å². The van der Waals surface area contributed by atoms with E-state index in [1.165, 1.54) is 25.9 Å². The first-order chi connectivity index (χ1) is 8.27. The quantitative estimate of drug-likeness (QED) is 0.817. The summed E-state index contributed by atoms with van der Waals surface area (Å²) < 4.78 is 0. The van der Waals surface area contributed by atoms with Crippen LogP contribution in [0.15, 0.2) is 0 Å². The first-order valence-electron chi connectivity index (χ1n) is 7.31. The van der Waals surface area contributed by atoms with Gasteiger partial charge in [-0.3, -0.25) is 4.90 Å². The van der Waals surface area contributed by atoms with Gasteiger partial charge in [0.2, 0.25) is 0 Å². The van der Waals surface area contributed by atoms with E-state index in [1.807, 2.05) is 0 Å². The highest BCUT2D eigenvalue weighted by Gasteiger charge is 2.34. The van der Waals surface area contributed by atoms with Gasteiger partial charge < -0.3 is 10.0 Å². The lowest BCUT2D eigenvalue weighted by Gasteiger charge is -2.46. The molecule has 0 amide bonds. The van der Waals surface area contributed by atoms with Crippen LogP contribution in [0.5, 0.6) is 0 Å². The van der Waals surface area contributed by atoms with Crippen LogP contribution < -0.4 is 0 Å². The van der Waals surface area contributed by atoms with Gasteiger partial charge in [0.25, 0.3) is 0 Å². The van der Waals surface area contributed by atoms with Crippen molar-refractivity contribution in [3.63, 3.8) is 0 Å². The van der Waals surface area contributed by atoms with Gasteiger partial charge in [-0.2, -0.15) is 0 Å². The molecule has 1 fully saturated rings. The molecule has 3 heteroatoms. The van der Waals surface area contributed by atoms with Crippen molar-refractivity contribution in [2.75, 3.05) is 39.8 Å². The summed E-state index contributed by atoms with van der Waals surface area (Å²) in [4.78, 5) is 4.98. The minimum Gasteiger partial charge on any atom is -0.396 e. The fourth-order valence-corrected chi connectivity index (χ4v) is 2.95. The average molecular weight is 256 g/mol. The van der Waals surface area contributed by atoms with Gasteiger partial charge in [-0.15, -0.1) is 0 Å². The lowest BCUT2D eigenvalue weighted by molar-refractivity contribution is 0.0341. The molecule has 1 saturated heterocycles. The fraction of sp³-hybridized carbons (Fsp3) is 1.00. The number of hydrogen-bond acceptors (Lipinski definition) is 3. The van der Waals surface area contributed by atoms with Crippen LogP contribution in [0.2, 0.25) is 0 Å². The van der Waals surface area contributed by atoms with Crippen molar-refractivity contribution >= 4 is 0 Å². The highest BCUT2D eigenvalue weighted by Crippen LogP contribution is 2.34. The number of aliphatic hydroxyl groups excluding tert-OH is 1. The van der Waals surface area contributed by atoms with Gasteiger partial charge in [-0.25, -0.2) is 0 Å².